The summed E-state index contributed by atoms with van der Waals surface area (Å²) in [4.78, 5) is 10.9. The largest absolute Gasteiger partial charge is 0.456 e. The van der Waals surface area contributed by atoms with Crippen LogP contribution >= 0.6 is 0 Å². The lowest BCUT2D eigenvalue weighted by Gasteiger charge is -2.40. The van der Waals surface area contributed by atoms with Crippen molar-refractivity contribution in [2.45, 2.75) is 45.4 Å². The Balaban J connectivity index is 1.21. The van der Waals surface area contributed by atoms with Gasteiger partial charge in [-0.05, 0) is 48.7 Å². The van der Waals surface area contributed by atoms with Crippen LogP contribution in [0.1, 0.15) is 56.2 Å². The van der Waals surface area contributed by atoms with E-state index in [1.54, 1.807) is 0 Å². The van der Waals surface area contributed by atoms with E-state index in [9.17, 15) is 0 Å². The molecule has 0 saturated heterocycles. The highest BCUT2D eigenvalue weighted by Crippen LogP contribution is 2.62. The third-order valence-electron chi connectivity index (χ3n) is 11.8. The Morgan fingerprint density at radius 1 is 0.776 bits per heavy atom. The van der Waals surface area contributed by atoms with Gasteiger partial charge in [0, 0.05) is 60.8 Å². The monoisotopic (exact) mass is 635 g/mol. The first-order valence-electron chi connectivity index (χ1n) is 17.4. The van der Waals surface area contributed by atoms with Crippen LogP contribution in [0.4, 0.5) is 0 Å². The number of benzene rings is 4. The quantitative estimate of drug-likeness (QED) is 0.194. The summed E-state index contributed by atoms with van der Waals surface area (Å²) in [6, 6.07) is 32.5. The zero-order valence-corrected chi connectivity index (χ0v) is 28.2. The summed E-state index contributed by atoms with van der Waals surface area (Å²) in [5, 5.41) is 3.73. The normalized spacial score (nSPS) is 21.8. The standard InChI is InChI=1S/C45H37N3O/c1-27-20-22-36-32(25-27)39-37(49-36)23-21-35-38(39)31-17-8-9-19-34(31)48(35)30-16-12-15-29(26-30)43-46-41(28-13-6-5-7-14-28)40-33-18-10-11-24-45(33,4)44(2,3)42(40)47-43/h5-24,26-27,33H,25H2,1-4H3. The second kappa shape index (κ2) is 10.0. The maximum absolute atomic E-state index is 6.41. The molecular weight excluding hydrogens is 599 g/mol. The number of aromatic nitrogens is 3. The van der Waals surface area contributed by atoms with Gasteiger partial charge in [0.25, 0.3) is 0 Å². The molecule has 0 saturated carbocycles. The summed E-state index contributed by atoms with van der Waals surface area (Å²) in [5.41, 5.74) is 11.0. The first-order valence-corrected chi connectivity index (χ1v) is 17.4. The van der Waals surface area contributed by atoms with Gasteiger partial charge in [-0.15, -0.1) is 0 Å². The molecule has 10 rings (SSSR count). The summed E-state index contributed by atoms with van der Waals surface area (Å²) in [7, 11) is 0. The molecule has 0 amide bonds. The van der Waals surface area contributed by atoms with Crippen LogP contribution in [0.2, 0.25) is 0 Å². The van der Waals surface area contributed by atoms with Crippen molar-refractivity contribution in [2.75, 3.05) is 0 Å². The summed E-state index contributed by atoms with van der Waals surface area (Å²) >= 11 is 0. The molecule has 0 fully saturated rings. The van der Waals surface area contributed by atoms with E-state index in [2.05, 4.69) is 160 Å². The maximum Gasteiger partial charge on any atom is 0.160 e. The minimum absolute atomic E-state index is 0.100. The smallest absolute Gasteiger partial charge is 0.160 e. The maximum atomic E-state index is 6.41. The van der Waals surface area contributed by atoms with E-state index in [0.717, 1.165) is 51.8 Å². The van der Waals surface area contributed by atoms with Crippen LogP contribution in [-0.2, 0) is 11.8 Å². The predicted octanol–water partition coefficient (Wildman–Crippen LogP) is 11.4. The third-order valence-corrected chi connectivity index (χ3v) is 11.8. The second-order valence-electron chi connectivity index (χ2n) is 14.9. The number of allylic oxidation sites excluding steroid dienone is 5. The summed E-state index contributed by atoms with van der Waals surface area (Å²) in [6.45, 7) is 9.35. The first-order chi connectivity index (χ1) is 23.8. The highest BCUT2D eigenvalue weighted by molar-refractivity contribution is 6.22. The number of rotatable bonds is 3. The number of hydrogen-bond acceptors (Lipinski definition) is 3. The summed E-state index contributed by atoms with van der Waals surface area (Å²) in [5.74, 6) is 2.44. The van der Waals surface area contributed by atoms with Crippen LogP contribution in [-0.4, -0.2) is 14.5 Å². The molecule has 3 unspecified atom stereocenters. The number of fused-ring (bicyclic) bond motifs is 10. The number of para-hydroxylation sites is 1. The topological polar surface area (TPSA) is 43.9 Å². The van der Waals surface area contributed by atoms with E-state index < -0.39 is 0 Å². The molecule has 4 heteroatoms. The molecule has 3 heterocycles. The molecule has 0 N–H and O–H groups in total. The van der Waals surface area contributed by atoms with Crippen molar-refractivity contribution >= 4 is 38.9 Å². The first kappa shape index (κ1) is 28.5. The molecule has 7 aromatic rings. The van der Waals surface area contributed by atoms with Crippen LogP contribution in [0.5, 0.6) is 0 Å². The van der Waals surface area contributed by atoms with Gasteiger partial charge in [0.05, 0.1) is 22.4 Å². The summed E-state index contributed by atoms with van der Waals surface area (Å²) < 4.78 is 8.81. The number of nitrogens with zero attached hydrogens (tertiary/aromatic N) is 3. The van der Waals surface area contributed by atoms with Crippen molar-refractivity contribution in [1.82, 2.24) is 14.5 Å². The Morgan fingerprint density at radius 2 is 1.59 bits per heavy atom. The molecule has 4 nitrogen and oxygen atoms in total. The lowest BCUT2D eigenvalue weighted by Crippen LogP contribution is -2.36. The summed E-state index contributed by atoms with van der Waals surface area (Å²) in [6.07, 6.45) is 14.5. The predicted molar refractivity (Wildman–Crippen MR) is 201 cm³/mol. The molecule has 0 bridgehead atoms. The van der Waals surface area contributed by atoms with Crippen molar-refractivity contribution in [3.63, 3.8) is 0 Å². The van der Waals surface area contributed by atoms with Gasteiger partial charge < -0.3 is 8.98 Å². The van der Waals surface area contributed by atoms with Gasteiger partial charge in [0.2, 0.25) is 0 Å². The molecule has 3 aliphatic carbocycles. The Kier molecular flexibility index (Phi) is 5.83. The van der Waals surface area contributed by atoms with Gasteiger partial charge in [-0.2, -0.15) is 0 Å². The zero-order chi connectivity index (χ0) is 33.1. The van der Waals surface area contributed by atoms with Gasteiger partial charge in [-0.25, -0.2) is 9.97 Å². The third kappa shape index (κ3) is 3.86. The van der Waals surface area contributed by atoms with E-state index in [1.165, 1.54) is 38.3 Å². The Labute approximate surface area is 286 Å². The van der Waals surface area contributed by atoms with Crippen LogP contribution in [0, 0.1) is 11.3 Å². The molecule has 3 aliphatic rings. The fraction of sp³-hybridized carbons (Fsp3) is 0.200. The lowest BCUT2D eigenvalue weighted by atomic mass is 9.63. The van der Waals surface area contributed by atoms with Gasteiger partial charge >= 0.3 is 0 Å². The van der Waals surface area contributed by atoms with Gasteiger partial charge in [-0.1, -0.05) is 119 Å². The highest BCUT2D eigenvalue weighted by atomic mass is 16.3. The fourth-order valence-corrected chi connectivity index (χ4v) is 8.94. The Hall–Kier alpha value is -5.48. The molecule has 49 heavy (non-hydrogen) atoms. The molecular formula is C45H37N3O. The molecule has 0 spiro atoms. The average Bonchev–Trinajstić information content (AvgIpc) is 3.72. The zero-order valence-electron chi connectivity index (χ0n) is 28.2. The van der Waals surface area contributed by atoms with Crippen molar-refractivity contribution < 1.29 is 4.42 Å². The molecule has 0 radical (unpaired) electrons. The molecule has 3 atom stereocenters. The molecule has 0 aliphatic heterocycles. The van der Waals surface area contributed by atoms with Crippen molar-refractivity contribution in [3.05, 3.63) is 144 Å². The second-order valence-corrected chi connectivity index (χ2v) is 14.9. The van der Waals surface area contributed by atoms with Gasteiger partial charge in [0.1, 0.15) is 11.3 Å². The Morgan fingerprint density at radius 3 is 2.47 bits per heavy atom. The highest BCUT2D eigenvalue weighted by Gasteiger charge is 2.56. The Bertz CT molecular complexity index is 2600. The van der Waals surface area contributed by atoms with Crippen LogP contribution in [0.15, 0.2) is 126 Å². The number of hydrogen-bond donors (Lipinski definition) is 0. The van der Waals surface area contributed by atoms with Gasteiger partial charge in [0.15, 0.2) is 5.82 Å². The molecule has 3 aromatic heterocycles. The lowest BCUT2D eigenvalue weighted by molar-refractivity contribution is 0.241. The average molecular weight is 636 g/mol. The number of furan rings is 1. The minimum Gasteiger partial charge on any atom is -0.456 e. The van der Waals surface area contributed by atoms with E-state index in [-0.39, 0.29) is 16.7 Å². The van der Waals surface area contributed by atoms with E-state index in [4.69, 9.17) is 14.4 Å². The van der Waals surface area contributed by atoms with Crippen molar-refractivity contribution in [3.8, 4) is 28.3 Å². The van der Waals surface area contributed by atoms with Crippen molar-refractivity contribution in [1.29, 1.82) is 0 Å². The van der Waals surface area contributed by atoms with Gasteiger partial charge in [-0.3, -0.25) is 0 Å². The van der Waals surface area contributed by atoms with Crippen molar-refractivity contribution in [2.24, 2.45) is 11.3 Å². The fourth-order valence-electron chi connectivity index (χ4n) is 8.94. The molecule has 4 aromatic carbocycles. The van der Waals surface area contributed by atoms with Crippen LogP contribution in [0.3, 0.4) is 0 Å². The van der Waals surface area contributed by atoms with E-state index in [0.29, 0.717) is 5.92 Å². The van der Waals surface area contributed by atoms with E-state index >= 15 is 0 Å². The minimum atomic E-state index is -0.193. The van der Waals surface area contributed by atoms with E-state index in [1.807, 2.05) is 0 Å². The molecule has 238 valence electrons. The van der Waals surface area contributed by atoms with Crippen LogP contribution < -0.4 is 0 Å². The SMILES string of the molecule is CC1C=Cc2oc3ccc4c(c5ccccc5n4-c4cccc(-c5nc(-c6ccccc6)c6c(n5)C(C)(C)C5(C)C=CC=CC65)c4)c3c2C1. The van der Waals surface area contributed by atoms with Crippen LogP contribution in [0.25, 0.3) is 67.2 Å².